The molecule has 0 saturated carbocycles. The highest BCUT2D eigenvalue weighted by Gasteiger charge is 2.29. The van der Waals surface area contributed by atoms with E-state index in [2.05, 4.69) is 6.92 Å². The zero-order valence-electron chi connectivity index (χ0n) is 14.3. The number of unbranched alkanes of at least 4 members (excludes halogenated alkanes) is 6. The van der Waals surface area contributed by atoms with Gasteiger partial charge in [-0.25, -0.2) is 0 Å². The molecule has 0 aliphatic rings. The summed E-state index contributed by atoms with van der Waals surface area (Å²) in [7, 11) is 0. The van der Waals surface area contributed by atoms with E-state index in [1.54, 1.807) is 0 Å². The number of carboxylic acids is 1. The van der Waals surface area contributed by atoms with Gasteiger partial charge in [-0.15, -0.1) is 0 Å². The molecule has 0 amide bonds. The van der Waals surface area contributed by atoms with E-state index in [0.29, 0.717) is 6.42 Å². The van der Waals surface area contributed by atoms with Crippen molar-refractivity contribution >= 4 is 12.3 Å². The lowest BCUT2D eigenvalue weighted by Gasteiger charge is -2.22. The first-order valence-electron chi connectivity index (χ1n) is 8.31. The number of carbonyl (C=O) groups is 2. The Bertz CT molecular complexity index is 310. The van der Waals surface area contributed by atoms with Crippen LogP contribution in [0.3, 0.4) is 0 Å². The summed E-state index contributed by atoms with van der Waals surface area (Å²) in [5.74, 6) is -0.663. The molecule has 0 aliphatic carbocycles. The van der Waals surface area contributed by atoms with Crippen molar-refractivity contribution < 1.29 is 40.2 Å². The average Bonchev–Trinajstić information content (AvgIpc) is 2.58. The molecule has 0 aromatic carbocycles. The Morgan fingerprint density at radius 1 is 0.917 bits per heavy atom. The Hall–Kier alpha value is -1.06. The van der Waals surface area contributed by atoms with Gasteiger partial charge in [-0.05, 0) is 6.42 Å². The zero-order valence-corrected chi connectivity index (χ0v) is 14.3. The van der Waals surface area contributed by atoms with Crippen molar-refractivity contribution in [2.75, 3.05) is 6.61 Å². The van der Waals surface area contributed by atoms with E-state index >= 15 is 0 Å². The number of carbonyl (C=O) groups excluding carboxylic acids is 1. The van der Waals surface area contributed by atoms with Crippen molar-refractivity contribution in [3.63, 3.8) is 0 Å². The topological polar surface area (TPSA) is 156 Å². The fraction of sp³-hybridized carbons (Fsp3) is 0.875. The summed E-state index contributed by atoms with van der Waals surface area (Å²) in [5.41, 5.74) is 0. The van der Waals surface area contributed by atoms with Crippen molar-refractivity contribution in [2.24, 2.45) is 0 Å². The van der Waals surface area contributed by atoms with E-state index in [1.165, 1.54) is 32.1 Å². The monoisotopic (exact) mass is 352 g/mol. The van der Waals surface area contributed by atoms with Gasteiger partial charge in [0.15, 0.2) is 6.29 Å². The van der Waals surface area contributed by atoms with Crippen LogP contribution >= 0.6 is 0 Å². The van der Waals surface area contributed by atoms with Crippen molar-refractivity contribution in [2.45, 2.75) is 82.7 Å². The molecule has 8 heteroatoms. The van der Waals surface area contributed by atoms with E-state index in [0.717, 1.165) is 12.8 Å². The summed E-state index contributed by atoms with van der Waals surface area (Å²) in [6, 6.07) is 0. The minimum absolute atomic E-state index is 0.0258. The second kappa shape index (κ2) is 16.8. The maximum absolute atomic E-state index is 10.1. The molecule has 0 saturated heterocycles. The lowest BCUT2D eigenvalue weighted by Crippen LogP contribution is -2.46. The smallest absolute Gasteiger partial charge is 0.303 e. The molecule has 144 valence electrons. The average molecular weight is 352 g/mol. The first kappa shape index (κ1) is 25.2. The number of aliphatic hydroxyl groups is 5. The molecule has 0 aromatic rings. The lowest BCUT2D eigenvalue weighted by atomic mass is 10.0. The molecule has 0 rings (SSSR count). The Kier molecular flexibility index (Phi) is 17.6. The maximum Gasteiger partial charge on any atom is 0.303 e. The Morgan fingerprint density at radius 2 is 1.42 bits per heavy atom. The number of hydrogen-bond donors (Lipinski definition) is 6. The quantitative estimate of drug-likeness (QED) is 0.197. The summed E-state index contributed by atoms with van der Waals surface area (Å²) in [5, 5.41) is 51.9. The molecule has 24 heavy (non-hydrogen) atoms. The Balaban J connectivity index is 0. The number of aldehydes is 1. The molecule has 4 unspecified atom stereocenters. The van der Waals surface area contributed by atoms with E-state index in [9.17, 15) is 9.59 Å². The summed E-state index contributed by atoms with van der Waals surface area (Å²) in [6.45, 7) is 1.44. The predicted octanol–water partition coefficient (Wildman–Crippen LogP) is -0.167. The van der Waals surface area contributed by atoms with Crippen molar-refractivity contribution in [3.8, 4) is 0 Å². The third kappa shape index (κ3) is 14.5. The van der Waals surface area contributed by atoms with E-state index in [1.807, 2.05) is 0 Å². The molecule has 8 nitrogen and oxygen atoms in total. The third-order valence-corrected chi connectivity index (χ3v) is 3.41. The molecular formula is C16H32O8. The largest absolute Gasteiger partial charge is 0.481 e. The van der Waals surface area contributed by atoms with Gasteiger partial charge in [0.2, 0.25) is 0 Å². The highest BCUT2D eigenvalue weighted by molar-refractivity contribution is 5.66. The molecule has 0 radical (unpaired) electrons. The third-order valence-electron chi connectivity index (χ3n) is 3.41. The molecule has 6 N–H and O–H groups in total. The van der Waals surface area contributed by atoms with Gasteiger partial charge in [0.05, 0.1) is 6.61 Å². The van der Waals surface area contributed by atoms with Crippen molar-refractivity contribution in [1.82, 2.24) is 0 Å². The van der Waals surface area contributed by atoms with Crippen LogP contribution in [0.25, 0.3) is 0 Å². The molecule has 0 aromatic heterocycles. The zero-order chi connectivity index (χ0) is 19.0. The normalized spacial score (nSPS) is 15.6. The van der Waals surface area contributed by atoms with Gasteiger partial charge in [0.25, 0.3) is 0 Å². The van der Waals surface area contributed by atoms with Crippen LogP contribution in [0, 0.1) is 0 Å². The van der Waals surface area contributed by atoms with Gasteiger partial charge < -0.3 is 35.4 Å². The van der Waals surface area contributed by atoms with E-state index in [-0.39, 0.29) is 6.29 Å². The second-order valence-electron chi connectivity index (χ2n) is 5.62. The number of carboxylic acid groups (broad SMARTS) is 1. The van der Waals surface area contributed by atoms with E-state index < -0.39 is 37.0 Å². The van der Waals surface area contributed by atoms with Crippen LogP contribution < -0.4 is 0 Å². The Morgan fingerprint density at radius 3 is 1.83 bits per heavy atom. The second-order valence-corrected chi connectivity index (χ2v) is 5.62. The molecule has 0 spiro atoms. The molecule has 0 bridgehead atoms. The van der Waals surface area contributed by atoms with Crippen LogP contribution in [0.2, 0.25) is 0 Å². The van der Waals surface area contributed by atoms with Crippen LogP contribution in [-0.2, 0) is 9.59 Å². The van der Waals surface area contributed by atoms with Crippen LogP contribution in [0.5, 0.6) is 0 Å². The minimum atomic E-state index is -1.79. The van der Waals surface area contributed by atoms with Gasteiger partial charge in [-0.1, -0.05) is 45.4 Å². The highest BCUT2D eigenvalue weighted by Crippen LogP contribution is 2.08. The van der Waals surface area contributed by atoms with Crippen molar-refractivity contribution in [1.29, 1.82) is 0 Å². The van der Waals surface area contributed by atoms with Gasteiger partial charge >= 0.3 is 5.97 Å². The van der Waals surface area contributed by atoms with Gasteiger partial charge in [-0.3, -0.25) is 4.79 Å². The highest BCUT2D eigenvalue weighted by atomic mass is 16.4. The summed E-state index contributed by atoms with van der Waals surface area (Å²) < 4.78 is 0. The van der Waals surface area contributed by atoms with Gasteiger partial charge in [0.1, 0.15) is 24.4 Å². The fourth-order valence-corrected chi connectivity index (χ4v) is 1.85. The summed E-state index contributed by atoms with van der Waals surface area (Å²) >= 11 is 0. The minimum Gasteiger partial charge on any atom is -0.481 e. The first-order chi connectivity index (χ1) is 11.3. The Labute approximate surface area is 142 Å². The molecule has 0 fully saturated rings. The number of aliphatic hydroxyl groups excluding tert-OH is 5. The number of aliphatic carboxylic acids is 1. The predicted molar refractivity (Wildman–Crippen MR) is 87.4 cm³/mol. The van der Waals surface area contributed by atoms with Crippen LogP contribution in [-0.4, -0.2) is 73.9 Å². The summed E-state index contributed by atoms with van der Waals surface area (Å²) in [6.07, 6.45) is 1.80. The maximum atomic E-state index is 10.1. The van der Waals surface area contributed by atoms with Gasteiger partial charge in [0, 0.05) is 6.42 Å². The van der Waals surface area contributed by atoms with Crippen LogP contribution in [0.4, 0.5) is 0 Å². The molecular weight excluding hydrogens is 320 g/mol. The van der Waals surface area contributed by atoms with Crippen molar-refractivity contribution in [3.05, 3.63) is 0 Å². The number of rotatable bonds is 13. The molecule has 4 atom stereocenters. The van der Waals surface area contributed by atoms with Crippen LogP contribution in [0.1, 0.15) is 58.3 Å². The van der Waals surface area contributed by atoms with Gasteiger partial charge in [-0.2, -0.15) is 0 Å². The van der Waals surface area contributed by atoms with Crippen LogP contribution in [0.15, 0.2) is 0 Å². The first-order valence-corrected chi connectivity index (χ1v) is 8.31. The molecule has 0 heterocycles. The number of hydrogen-bond acceptors (Lipinski definition) is 7. The summed E-state index contributed by atoms with van der Waals surface area (Å²) in [4.78, 5) is 20.0. The lowest BCUT2D eigenvalue weighted by molar-refractivity contribution is -0.137. The fourth-order valence-electron chi connectivity index (χ4n) is 1.85. The SMILES string of the molecule is CCCCCCCCCC(=O)O.O=CC(O)C(O)C(O)C(O)CO. The van der Waals surface area contributed by atoms with E-state index in [4.69, 9.17) is 30.6 Å². The molecule has 0 aliphatic heterocycles. The standard InChI is InChI=1S/C10H20O2.C6H12O6/c1-2-3-4-5-6-7-8-9-10(11)12;7-1-3(9)5(11)6(12)4(10)2-8/h2-9H2,1H3,(H,11,12);1,3-6,8-12H,2H2.